The Morgan fingerprint density at radius 3 is 2.75 bits per heavy atom. The zero-order valence-corrected chi connectivity index (χ0v) is 12.2. The molecule has 0 spiro atoms. The second-order valence-electron chi connectivity index (χ2n) is 5.00. The summed E-state index contributed by atoms with van der Waals surface area (Å²) in [6, 6.07) is 14.2. The molecule has 0 radical (unpaired) electrons. The van der Waals surface area contributed by atoms with E-state index in [2.05, 4.69) is 42.0 Å². The molecule has 0 saturated heterocycles. The molecule has 0 amide bonds. The molecule has 3 rings (SSSR count). The zero-order chi connectivity index (χ0) is 14.1. The number of fused-ring (bicyclic) bond motifs is 1. The molecule has 20 heavy (non-hydrogen) atoms. The van der Waals surface area contributed by atoms with Crippen molar-refractivity contribution in [1.29, 1.82) is 0 Å². The second-order valence-corrected chi connectivity index (χ2v) is 5.41. The minimum absolute atomic E-state index is 0.740. The van der Waals surface area contributed by atoms with Crippen molar-refractivity contribution in [3.05, 3.63) is 64.8 Å². The van der Waals surface area contributed by atoms with Crippen molar-refractivity contribution >= 4 is 28.2 Å². The van der Waals surface area contributed by atoms with Crippen molar-refractivity contribution in [2.45, 2.75) is 19.9 Å². The number of aromatic nitrogens is 1. The summed E-state index contributed by atoms with van der Waals surface area (Å²) in [7, 11) is 0. The van der Waals surface area contributed by atoms with Crippen molar-refractivity contribution in [1.82, 2.24) is 4.57 Å². The molecule has 2 N–H and O–H groups in total. The fraction of sp³-hybridized carbons (Fsp3) is 0.176. The quantitative estimate of drug-likeness (QED) is 0.706. The lowest BCUT2D eigenvalue weighted by Gasteiger charge is -2.11. The summed E-state index contributed by atoms with van der Waals surface area (Å²) in [6.07, 6.45) is 3.13. The van der Waals surface area contributed by atoms with Crippen LogP contribution < -0.4 is 5.73 Å². The molecule has 102 valence electrons. The monoisotopic (exact) mass is 284 g/mol. The van der Waals surface area contributed by atoms with Gasteiger partial charge in [-0.25, -0.2) is 0 Å². The third kappa shape index (κ3) is 2.27. The highest BCUT2D eigenvalue weighted by Gasteiger charge is 2.08. The molecule has 3 aromatic rings. The van der Waals surface area contributed by atoms with Gasteiger partial charge in [-0.3, -0.25) is 0 Å². The number of aryl methyl sites for hydroxylation is 1. The van der Waals surface area contributed by atoms with Crippen molar-refractivity contribution in [2.75, 3.05) is 5.73 Å². The molecule has 2 nitrogen and oxygen atoms in total. The fourth-order valence-electron chi connectivity index (χ4n) is 2.66. The minimum Gasteiger partial charge on any atom is -0.399 e. The van der Waals surface area contributed by atoms with Crippen LogP contribution in [0, 0.1) is 0 Å². The lowest BCUT2D eigenvalue weighted by molar-refractivity contribution is 0.832. The highest BCUT2D eigenvalue weighted by atomic mass is 35.5. The lowest BCUT2D eigenvalue weighted by atomic mass is 10.1. The molecule has 0 aliphatic heterocycles. The number of hydrogen-bond donors (Lipinski definition) is 1. The molecule has 0 fully saturated rings. The number of nitrogen functional groups attached to an aromatic ring is 1. The van der Waals surface area contributed by atoms with E-state index in [-0.39, 0.29) is 0 Å². The molecule has 0 unspecified atom stereocenters. The minimum atomic E-state index is 0.740. The van der Waals surface area contributed by atoms with Gasteiger partial charge in [0.2, 0.25) is 0 Å². The molecule has 1 aromatic heterocycles. The van der Waals surface area contributed by atoms with Crippen LogP contribution in [0.2, 0.25) is 5.02 Å². The molecule has 0 atom stereocenters. The third-order valence-corrected chi connectivity index (χ3v) is 4.03. The van der Waals surface area contributed by atoms with Crippen LogP contribution in [0.15, 0.2) is 48.7 Å². The van der Waals surface area contributed by atoms with Crippen LogP contribution in [0.1, 0.15) is 18.1 Å². The van der Waals surface area contributed by atoms with Crippen molar-refractivity contribution in [3.63, 3.8) is 0 Å². The molecular formula is C17H17ClN2. The van der Waals surface area contributed by atoms with Crippen molar-refractivity contribution in [2.24, 2.45) is 0 Å². The normalized spacial score (nSPS) is 11.1. The van der Waals surface area contributed by atoms with Gasteiger partial charge in [-0.15, -0.1) is 0 Å². The van der Waals surface area contributed by atoms with E-state index in [4.69, 9.17) is 17.3 Å². The molecule has 0 bridgehead atoms. The van der Waals surface area contributed by atoms with Gasteiger partial charge in [0, 0.05) is 23.5 Å². The molecule has 2 aromatic carbocycles. The number of para-hydroxylation sites is 1. The maximum atomic E-state index is 6.27. The van der Waals surface area contributed by atoms with Gasteiger partial charge in [0.25, 0.3) is 0 Å². The molecule has 3 heteroatoms. The Kier molecular flexibility index (Phi) is 3.41. The number of nitrogens with zero attached hydrogens (tertiary/aromatic N) is 1. The lowest BCUT2D eigenvalue weighted by Crippen LogP contribution is -2.01. The van der Waals surface area contributed by atoms with Crippen molar-refractivity contribution in [3.8, 4) is 0 Å². The SMILES string of the molecule is CCc1cccc2ccn(Cc3cc(N)ccc3Cl)c12. The summed E-state index contributed by atoms with van der Waals surface area (Å²) in [6.45, 7) is 2.92. The maximum absolute atomic E-state index is 6.27. The van der Waals surface area contributed by atoms with Crippen LogP contribution in [-0.2, 0) is 13.0 Å². The van der Waals surface area contributed by atoms with Crippen LogP contribution in [0.25, 0.3) is 10.9 Å². The van der Waals surface area contributed by atoms with Gasteiger partial charge >= 0.3 is 0 Å². The smallest absolute Gasteiger partial charge is 0.0515 e. The van der Waals surface area contributed by atoms with E-state index in [9.17, 15) is 0 Å². The van der Waals surface area contributed by atoms with Gasteiger partial charge in [0.05, 0.1) is 5.52 Å². The number of hydrogen-bond acceptors (Lipinski definition) is 1. The summed E-state index contributed by atoms with van der Waals surface area (Å²) in [5, 5.41) is 2.03. The van der Waals surface area contributed by atoms with Gasteiger partial charge in [-0.1, -0.05) is 36.7 Å². The number of rotatable bonds is 3. The average Bonchev–Trinajstić information content (AvgIpc) is 2.86. The van der Waals surface area contributed by atoms with Crippen LogP contribution in [0.4, 0.5) is 5.69 Å². The van der Waals surface area contributed by atoms with E-state index in [1.54, 1.807) is 0 Å². The topological polar surface area (TPSA) is 30.9 Å². The summed E-state index contributed by atoms with van der Waals surface area (Å²) < 4.78 is 2.24. The highest BCUT2D eigenvalue weighted by Crippen LogP contribution is 2.25. The van der Waals surface area contributed by atoms with Gasteiger partial charge in [0.15, 0.2) is 0 Å². The number of anilines is 1. The predicted molar refractivity (Wildman–Crippen MR) is 86.3 cm³/mol. The standard InChI is InChI=1S/C17H17ClN2/c1-2-12-4-3-5-13-8-9-20(17(12)13)11-14-10-15(19)6-7-16(14)18/h3-10H,2,11,19H2,1H3. The van der Waals surface area contributed by atoms with Crippen molar-refractivity contribution < 1.29 is 0 Å². The van der Waals surface area contributed by atoms with E-state index in [1.165, 1.54) is 16.5 Å². The predicted octanol–water partition coefficient (Wildman–Crippen LogP) is 4.49. The molecule has 0 aliphatic rings. The molecular weight excluding hydrogens is 268 g/mol. The van der Waals surface area contributed by atoms with Crippen LogP contribution in [0.5, 0.6) is 0 Å². The first-order valence-corrected chi connectivity index (χ1v) is 7.17. The molecule has 0 saturated carbocycles. The first-order valence-electron chi connectivity index (χ1n) is 6.79. The van der Waals surface area contributed by atoms with E-state index in [0.29, 0.717) is 0 Å². The summed E-state index contributed by atoms with van der Waals surface area (Å²) in [4.78, 5) is 0. The molecule has 0 aliphatic carbocycles. The number of nitrogens with two attached hydrogens (primary N) is 1. The summed E-state index contributed by atoms with van der Waals surface area (Å²) in [5.74, 6) is 0. The van der Waals surface area contributed by atoms with Gasteiger partial charge in [-0.2, -0.15) is 0 Å². The first-order chi connectivity index (χ1) is 9.69. The van der Waals surface area contributed by atoms with Crippen LogP contribution in [-0.4, -0.2) is 4.57 Å². The maximum Gasteiger partial charge on any atom is 0.0515 e. The Labute approximate surface area is 123 Å². The Bertz CT molecular complexity index is 759. The Morgan fingerprint density at radius 1 is 1.10 bits per heavy atom. The Balaban J connectivity index is 2.09. The summed E-state index contributed by atoms with van der Waals surface area (Å²) in [5.41, 5.74) is 10.3. The summed E-state index contributed by atoms with van der Waals surface area (Å²) >= 11 is 6.27. The van der Waals surface area contributed by atoms with E-state index >= 15 is 0 Å². The largest absolute Gasteiger partial charge is 0.399 e. The first kappa shape index (κ1) is 13.1. The average molecular weight is 285 g/mol. The number of halogens is 1. The Hall–Kier alpha value is -1.93. The van der Waals surface area contributed by atoms with E-state index in [1.807, 2.05) is 18.2 Å². The fourth-order valence-corrected chi connectivity index (χ4v) is 2.83. The van der Waals surface area contributed by atoms with Gasteiger partial charge in [-0.05, 0) is 47.2 Å². The number of benzene rings is 2. The Morgan fingerprint density at radius 2 is 1.95 bits per heavy atom. The molecule has 1 heterocycles. The van der Waals surface area contributed by atoms with Gasteiger partial charge in [0.1, 0.15) is 0 Å². The zero-order valence-electron chi connectivity index (χ0n) is 11.4. The second kappa shape index (κ2) is 5.22. The van der Waals surface area contributed by atoms with Crippen LogP contribution in [0.3, 0.4) is 0 Å². The van der Waals surface area contributed by atoms with Gasteiger partial charge < -0.3 is 10.3 Å². The highest BCUT2D eigenvalue weighted by molar-refractivity contribution is 6.31. The van der Waals surface area contributed by atoms with E-state index in [0.717, 1.165) is 29.2 Å². The van der Waals surface area contributed by atoms with E-state index < -0.39 is 0 Å². The van der Waals surface area contributed by atoms with Crippen LogP contribution >= 0.6 is 11.6 Å². The third-order valence-electron chi connectivity index (χ3n) is 3.66.